The SMILES string of the molecule is COc1ccc2c3c1O[C@H]1C(OC(=O)[C@@H](O)CC(=O)O[C@H](C(=O)O[C@H](C(=O)O)c4ccccc4)c4ccccc4)=CC[C@@]4(O)[C@@H](C2)N(C)CC[C@]314. The number of carboxylic acid groups (broad SMARTS) is 1. The van der Waals surface area contributed by atoms with E-state index in [1.807, 2.05) is 19.2 Å². The first-order chi connectivity index (χ1) is 24.5. The van der Waals surface area contributed by atoms with E-state index in [4.69, 9.17) is 23.7 Å². The quantitative estimate of drug-likeness (QED) is 0.197. The van der Waals surface area contributed by atoms with Crippen LogP contribution in [0.2, 0.25) is 0 Å². The van der Waals surface area contributed by atoms with Crippen LogP contribution in [0, 0.1) is 0 Å². The van der Waals surface area contributed by atoms with Gasteiger partial charge in [0.25, 0.3) is 0 Å². The molecule has 13 heteroatoms. The van der Waals surface area contributed by atoms with Gasteiger partial charge >= 0.3 is 23.9 Å². The van der Waals surface area contributed by atoms with Crippen molar-refractivity contribution in [3.63, 3.8) is 0 Å². The molecule has 3 aromatic rings. The lowest BCUT2D eigenvalue weighted by atomic mass is 9.50. The number of methoxy groups -OCH3 is 1. The van der Waals surface area contributed by atoms with E-state index in [0.29, 0.717) is 30.9 Å². The van der Waals surface area contributed by atoms with Crippen LogP contribution >= 0.6 is 0 Å². The van der Waals surface area contributed by atoms with Gasteiger partial charge < -0.3 is 43.9 Å². The molecule has 1 spiro atoms. The van der Waals surface area contributed by atoms with E-state index in [9.17, 15) is 34.5 Å². The Bertz CT molecular complexity index is 1900. The van der Waals surface area contributed by atoms with Gasteiger partial charge in [-0.25, -0.2) is 14.4 Å². The van der Waals surface area contributed by atoms with Gasteiger partial charge in [0.1, 0.15) is 5.76 Å². The lowest BCUT2D eigenvalue weighted by Gasteiger charge is -2.61. The van der Waals surface area contributed by atoms with E-state index < -0.39 is 65.7 Å². The molecule has 2 heterocycles. The van der Waals surface area contributed by atoms with Crippen LogP contribution in [-0.2, 0) is 45.2 Å². The lowest BCUT2D eigenvalue weighted by Crippen LogP contribution is -2.74. The molecule has 2 aliphatic heterocycles. The molecule has 3 aromatic carbocycles. The predicted octanol–water partition coefficient (Wildman–Crippen LogP) is 2.92. The van der Waals surface area contributed by atoms with Crippen molar-refractivity contribution in [2.24, 2.45) is 0 Å². The van der Waals surface area contributed by atoms with Gasteiger partial charge in [-0.15, -0.1) is 0 Å². The molecule has 7 rings (SSSR count). The summed E-state index contributed by atoms with van der Waals surface area (Å²) in [4.78, 5) is 53.9. The molecule has 0 unspecified atom stereocenters. The van der Waals surface area contributed by atoms with E-state index in [2.05, 4.69) is 4.90 Å². The molecule has 7 atom stereocenters. The number of carbonyl (C=O) groups excluding carboxylic acids is 3. The van der Waals surface area contributed by atoms with Gasteiger partial charge in [-0.3, -0.25) is 4.79 Å². The highest BCUT2D eigenvalue weighted by Gasteiger charge is 2.72. The molecular formula is C38H37NO12. The smallest absolute Gasteiger partial charge is 0.353 e. The molecule has 51 heavy (non-hydrogen) atoms. The molecule has 1 fully saturated rings. The normalized spacial score (nSPS) is 25.9. The molecule has 0 amide bonds. The number of rotatable bonds is 11. The van der Waals surface area contributed by atoms with Crippen LogP contribution in [0.3, 0.4) is 0 Å². The Morgan fingerprint density at radius 3 is 2.25 bits per heavy atom. The Kier molecular flexibility index (Phi) is 8.82. The number of aliphatic hydroxyl groups excluding tert-OH is 1. The van der Waals surface area contributed by atoms with Crippen LogP contribution in [0.25, 0.3) is 0 Å². The van der Waals surface area contributed by atoms with Crippen molar-refractivity contribution in [3.8, 4) is 11.5 Å². The van der Waals surface area contributed by atoms with Gasteiger partial charge in [0.2, 0.25) is 12.2 Å². The number of aliphatic hydroxyl groups is 2. The van der Waals surface area contributed by atoms with Gasteiger partial charge in [0.05, 0.1) is 24.5 Å². The number of hydrogen-bond acceptors (Lipinski definition) is 12. The molecule has 0 saturated carbocycles. The molecule has 2 bridgehead atoms. The second-order valence-corrected chi connectivity index (χ2v) is 13.3. The average Bonchev–Trinajstić information content (AvgIpc) is 3.49. The number of carbonyl (C=O) groups is 4. The van der Waals surface area contributed by atoms with Crippen molar-refractivity contribution in [1.29, 1.82) is 0 Å². The summed E-state index contributed by atoms with van der Waals surface area (Å²) in [7, 11) is 3.50. The van der Waals surface area contributed by atoms with Crippen molar-refractivity contribution in [2.45, 2.75) is 67.2 Å². The van der Waals surface area contributed by atoms with E-state index in [-0.39, 0.29) is 29.3 Å². The third-order valence-corrected chi connectivity index (χ3v) is 10.5. The summed E-state index contributed by atoms with van der Waals surface area (Å²) in [6, 6.07) is 19.2. The number of carboxylic acids is 1. The zero-order chi connectivity index (χ0) is 36.1. The summed E-state index contributed by atoms with van der Waals surface area (Å²) < 4.78 is 28.5. The third-order valence-electron chi connectivity index (χ3n) is 10.5. The van der Waals surface area contributed by atoms with Gasteiger partial charge in [0.15, 0.2) is 23.7 Å². The predicted molar refractivity (Wildman–Crippen MR) is 176 cm³/mol. The van der Waals surface area contributed by atoms with Crippen molar-refractivity contribution in [2.75, 3.05) is 20.7 Å². The first kappa shape index (κ1) is 34.2. The molecule has 2 aliphatic carbocycles. The van der Waals surface area contributed by atoms with Crippen LogP contribution in [0.1, 0.15) is 53.7 Å². The topological polar surface area (TPSA) is 178 Å². The number of likely N-dealkylation sites (N-methyl/N-ethyl adjacent to an activating group) is 1. The Balaban J connectivity index is 1.08. The standard InChI is InChI=1S/C38H37NO12/c1-39-18-17-37-29-23-13-14-25(47-2)32(29)50-33(37)26(15-16-38(37,46)27(39)19-23)48-35(44)24(40)20-28(41)49-31(22-11-7-4-8-12-22)36(45)51-30(34(42)43)21-9-5-3-6-10-21/h3-15,24,27,30-31,33,40,46H,16-20H2,1-2H3,(H,42,43)/t24-,27+,30-,31-,33-,37-,38+/m0/s1. The highest BCUT2D eigenvalue weighted by molar-refractivity contribution is 5.86. The Hall–Kier alpha value is -5.24. The fraction of sp³-hybridized carbons (Fsp3) is 0.368. The minimum absolute atomic E-state index is 0.0952. The summed E-state index contributed by atoms with van der Waals surface area (Å²) in [5.41, 5.74) is 0.0238. The number of hydrogen-bond donors (Lipinski definition) is 3. The first-order valence-electron chi connectivity index (χ1n) is 16.6. The van der Waals surface area contributed by atoms with Crippen molar-refractivity contribution in [3.05, 3.63) is 107 Å². The summed E-state index contributed by atoms with van der Waals surface area (Å²) in [6.07, 6.45) is -4.36. The number of likely N-dealkylation sites (tertiary alicyclic amines) is 1. The first-order valence-corrected chi connectivity index (χ1v) is 16.6. The summed E-state index contributed by atoms with van der Waals surface area (Å²) in [6.45, 7) is 0.655. The fourth-order valence-corrected chi connectivity index (χ4v) is 8.14. The molecule has 3 N–H and O–H groups in total. The maximum atomic E-state index is 13.3. The number of benzene rings is 3. The van der Waals surface area contributed by atoms with Crippen molar-refractivity contribution >= 4 is 23.9 Å². The Labute approximate surface area is 292 Å². The maximum absolute atomic E-state index is 13.3. The molecular weight excluding hydrogens is 662 g/mol. The summed E-state index contributed by atoms with van der Waals surface area (Å²) in [5, 5.41) is 33.0. The number of ether oxygens (including phenoxy) is 5. The monoisotopic (exact) mass is 699 g/mol. The number of nitrogens with zero attached hydrogens (tertiary/aromatic N) is 1. The van der Waals surface area contributed by atoms with Gasteiger partial charge in [0, 0.05) is 29.2 Å². The largest absolute Gasteiger partial charge is 0.493 e. The Morgan fingerprint density at radius 1 is 0.941 bits per heavy atom. The van der Waals surface area contributed by atoms with Crippen LogP contribution in [0.15, 0.2) is 84.6 Å². The van der Waals surface area contributed by atoms with Gasteiger partial charge in [-0.2, -0.15) is 0 Å². The second-order valence-electron chi connectivity index (χ2n) is 13.3. The highest BCUT2D eigenvalue weighted by Crippen LogP contribution is 2.65. The van der Waals surface area contributed by atoms with Crippen LogP contribution in [-0.4, -0.2) is 88.6 Å². The molecule has 4 aliphatic rings. The van der Waals surface area contributed by atoms with Gasteiger partial charge in [-0.1, -0.05) is 66.7 Å². The van der Waals surface area contributed by atoms with E-state index in [0.717, 1.165) is 11.1 Å². The highest BCUT2D eigenvalue weighted by atomic mass is 16.6. The molecule has 0 radical (unpaired) electrons. The van der Waals surface area contributed by atoms with E-state index in [1.165, 1.54) is 31.4 Å². The third kappa shape index (κ3) is 5.61. The van der Waals surface area contributed by atoms with Crippen LogP contribution in [0.4, 0.5) is 0 Å². The van der Waals surface area contributed by atoms with Crippen LogP contribution in [0.5, 0.6) is 11.5 Å². The number of esters is 3. The van der Waals surface area contributed by atoms with E-state index >= 15 is 0 Å². The second kappa shape index (κ2) is 13.1. The van der Waals surface area contributed by atoms with E-state index in [1.54, 1.807) is 42.5 Å². The molecule has 1 saturated heterocycles. The Morgan fingerprint density at radius 2 is 1.61 bits per heavy atom. The summed E-state index contributed by atoms with van der Waals surface area (Å²) in [5.74, 6) is -3.86. The maximum Gasteiger partial charge on any atom is 0.353 e. The zero-order valence-corrected chi connectivity index (χ0v) is 27.9. The van der Waals surface area contributed by atoms with Crippen molar-refractivity contribution < 1.29 is 58.2 Å². The summed E-state index contributed by atoms with van der Waals surface area (Å²) >= 11 is 0. The van der Waals surface area contributed by atoms with Gasteiger partial charge in [-0.05, 0) is 44.1 Å². The van der Waals surface area contributed by atoms with Crippen LogP contribution < -0.4 is 9.47 Å². The lowest BCUT2D eigenvalue weighted by molar-refractivity contribution is -0.180. The number of aliphatic carboxylic acids is 1. The molecule has 0 aromatic heterocycles. The average molecular weight is 700 g/mol. The zero-order valence-electron chi connectivity index (χ0n) is 27.9. The number of piperidine rings is 1. The minimum atomic E-state index is -2.01. The molecule has 13 nitrogen and oxygen atoms in total. The van der Waals surface area contributed by atoms with Crippen molar-refractivity contribution in [1.82, 2.24) is 4.90 Å². The fourth-order valence-electron chi connectivity index (χ4n) is 8.14. The minimum Gasteiger partial charge on any atom is -0.493 e. The molecule has 266 valence electrons.